The van der Waals surface area contributed by atoms with E-state index in [1.165, 1.54) is 43.5 Å². The van der Waals surface area contributed by atoms with Crippen molar-refractivity contribution in [3.8, 4) is 11.5 Å². The maximum absolute atomic E-state index is 13.9. The summed E-state index contributed by atoms with van der Waals surface area (Å²) >= 11 is 0. The molecule has 1 atom stereocenters. The molecule has 16 heteroatoms. The van der Waals surface area contributed by atoms with Crippen LogP contribution >= 0.6 is 0 Å². The van der Waals surface area contributed by atoms with Gasteiger partial charge in [0.2, 0.25) is 5.16 Å². The van der Waals surface area contributed by atoms with Gasteiger partial charge in [0.05, 0.1) is 64.6 Å². The number of pyridine rings is 1. The minimum absolute atomic E-state index is 0.0673. The fraction of sp³-hybridized carbons (Fsp3) is 0.400. The normalized spacial score (nSPS) is 15.2. The number of aromatic nitrogens is 3. The van der Waals surface area contributed by atoms with Gasteiger partial charge < -0.3 is 18.9 Å². The van der Waals surface area contributed by atoms with Gasteiger partial charge in [-0.25, -0.2) is 17.4 Å². The molecule has 248 valence electrons. The Morgan fingerprint density at radius 3 is 2.46 bits per heavy atom. The molecule has 3 heterocycles. The molecule has 4 aromatic rings. The molecule has 1 aliphatic heterocycles. The van der Waals surface area contributed by atoms with Crippen LogP contribution in [0.5, 0.6) is 11.5 Å². The van der Waals surface area contributed by atoms with Gasteiger partial charge in [0.15, 0.2) is 6.61 Å². The molecular weight excluding hydrogens is 649 g/mol. The van der Waals surface area contributed by atoms with Crippen LogP contribution in [0, 0.1) is 6.92 Å². The molecule has 5 rings (SSSR count). The summed E-state index contributed by atoms with van der Waals surface area (Å²) < 4.78 is 102. The lowest BCUT2D eigenvalue weighted by molar-refractivity contribution is -0.153. The van der Waals surface area contributed by atoms with Crippen LogP contribution in [0.1, 0.15) is 11.3 Å². The van der Waals surface area contributed by atoms with Crippen molar-refractivity contribution in [2.24, 2.45) is 0 Å². The third-order valence-corrected chi connectivity index (χ3v) is 10.2. The van der Waals surface area contributed by atoms with Crippen molar-refractivity contribution < 1.29 is 44.7 Å². The Morgan fingerprint density at radius 2 is 1.72 bits per heavy atom. The van der Waals surface area contributed by atoms with Crippen LogP contribution in [-0.2, 0) is 36.0 Å². The first kappa shape index (κ1) is 33.8. The van der Waals surface area contributed by atoms with Crippen LogP contribution in [-0.4, -0.2) is 96.9 Å². The van der Waals surface area contributed by atoms with E-state index in [0.29, 0.717) is 24.5 Å². The van der Waals surface area contributed by atoms with Crippen molar-refractivity contribution in [2.45, 2.75) is 28.9 Å². The summed E-state index contributed by atoms with van der Waals surface area (Å²) in [5.74, 6) is 0.0707. The Labute approximate surface area is 266 Å². The third kappa shape index (κ3) is 8.41. The highest BCUT2D eigenvalue weighted by atomic mass is 32.2. The number of morpholine rings is 1. The number of halogens is 3. The van der Waals surface area contributed by atoms with E-state index in [1.807, 2.05) is 0 Å². The van der Waals surface area contributed by atoms with E-state index in [0.717, 1.165) is 36.8 Å². The number of imidazole rings is 1. The summed E-state index contributed by atoms with van der Waals surface area (Å²) in [7, 11) is -6.36. The van der Waals surface area contributed by atoms with Gasteiger partial charge in [-0.3, -0.25) is 14.1 Å². The van der Waals surface area contributed by atoms with Crippen molar-refractivity contribution in [1.82, 2.24) is 18.8 Å². The second-order valence-electron chi connectivity index (χ2n) is 10.3. The zero-order valence-corrected chi connectivity index (χ0v) is 26.6. The maximum Gasteiger partial charge on any atom is 0.422 e. The average molecular weight is 683 g/mol. The van der Waals surface area contributed by atoms with E-state index in [2.05, 4.69) is 14.9 Å². The van der Waals surface area contributed by atoms with Crippen LogP contribution in [0.4, 0.5) is 13.2 Å². The Balaban J connectivity index is 1.28. The molecule has 0 bridgehead atoms. The second-order valence-corrected chi connectivity index (χ2v) is 13.4. The number of nitrogens with zero attached hydrogens (tertiary/aromatic N) is 4. The molecule has 0 aliphatic carbocycles. The number of hydrogen-bond donors (Lipinski definition) is 0. The monoisotopic (exact) mass is 682 g/mol. The van der Waals surface area contributed by atoms with Gasteiger partial charge >= 0.3 is 6.18 Å². The summed E-state index contributed by atoms with van der Waals surface area (Å²) in [4.78, 5) is 10.7. The van der Waals surface area contributed by atoms with E-state index in [4.69, 9.17) is 18.9 Å². The molecule has 1 fully saturated rings. The Hall–Kier alpha value is -3.57. The highest BCUT2D eigenvalue weighted by Gasteiger charge is 2.30. The number of hydrogen-bond acceptors (Lipinski definition) is 10. The summed E-state index contributed by atoms with van der Waals surface area (Å²) in [5, 5.41) is -0.251. The van der Waals surface area contributed by atoms with Gasteiger partial charge in [0, 0.05) is 31.4 Å². The van der Waals surface area contributed by atoms with Crippen LogP contribution in [0.25, 0.3) is 11.0 Å². The minimum atomic E-state index is -4.54. The number of benzene rings is 2. The maximum atomic E-state index is 13.9. The Bertz CT molecular complexity index is 1760. The van der Waals surface area contributed by atoms with Crippen LogP contribution in [0.2, 0.25) is 0 Å². The molecule has 2 aromatic carbocycles. The fourth-order valence-electron chi connectivity index (χ4n) is 4.72. The highest BCUT2D eigenvalue weighted by molar-refractivity contribution is 7.91. The fourth-order valence-corrected chi connectivity index (χ4v) is 7.77. The van der Waals surface area contributed by atoms with E-state index in [1.54, 1.807) is 24.3 Å². The molecule has 1 aliphatic rings. The van der Waals surface area contributed by atoms with E-state index >= 15 is 0 Å². The van der Waals surface area contributed by atoms with E-state index in [-0.39, 0.29) is 44.9 Å². The summed E-state index contributed by atoms with van der Waals surface area (Å²) in [6, 6.07) is 13.5. The van der Waals surface area contributed by atoms with Crippen LogP contribution in [0.3, 0.4) is 0 Å². The lowest BCUT2D eigenvalue weighted by Gasteiger charge is -2.26. The molecule has 0 N–H and O–H groups in total. The molecule has 0 saturated carbocycles. The van der Waals surface area contributed by atoms with Gasteiger partial charge in [0.1, 0.15) is 18.1 Å². The first-order valence-corrected chi connectivity index (χ1v) is 17.1. The van der Waals surface area contributed by atoms with Crippen LogP contribution < -0.4 is 9.47 Å². The first-order valence-electron chi connectivity index (χ1n) is 14.4. The molecule has 1 unspecified atom stereocenters. The number of alkyl halides is 3. The van der Waals surface area contributed by atoms with Gasteiger partial charge in [-0.2, -0.15) is 13.2 Å². The van der Waals surface area contributed by atoms with Crippen LogP contribution in [0.15, 0.2) is 70.8 Å². The molecule has 1 saturated heterocycles. The predicted molar refractivity (Wildman–Crippen MR) is 163 cm³/mol. The molecule has 2 aromatic heterocycles. The predicted octanol–water partition coefficient (Wildman–Crippen LogP) is 3.95. The smallest absolute Gasteiger partial charge is 0.422 e. The van der Waals surface area contributed by atoms with Gasteiger partial charge in [0.25, 0.3) is 10.0 Å². The molecule has 0 radical (unpaired) electrons. The highest BCUT2D eigenvalue weighted by Crippen LogP contribution is 2.29. The molecule has 46 heavy (non-hydrogen) atoms. The van der Waals surface area contributed by atoms with E-state index < -0.39 is 33.6 Å². The largest absolute Gasteiger partial charge is 0.491 e. The number of fused-ring (bicyclic) bond motifs is 1. The third-order valence-electron chi connectivity index (χ3n) is 7.13. The van der Waals surface area contributed by atoms with Crippen molar-refractivity contribution in [3.63, 3.8) is 0 Å². The quantitative estimate of drug-likeness (QED) is 0.181. The van der Waals surface area contributed by atoms with Crippen molar-refractivity contribution in [3.05, 3.63) is 72.1 Å². The Kier molecular flexibility index (Phi) is 10.9. The van der Waals surface area contributed by atoms with Crippen molar-refractivity contribution >= 4 is 31.9 Å². The molecule has 0 amide bonds. The molecule has 11 nitrogen and oxygen atoms in total. The van der Waals surface area contributed by atoms with Gasteiger partial charge in [-0.05, 0) is 49.4 Å². The van der Waals surface area contributed by atoms with Gasteiger partial charge in [-0.15, -0.1) is 0 Å². The summed E-state index contributed by atoms with van der Waals surface area (Å²) in [6.07, 6.45) is -3.30. The zero-order valence-electron chi connectivity index (χ0n) is 24.9. The summed E-state index contributed by atoms with van der Waals surface area (Å²) in [5.41, 5.74) is 0.951. The lowest BCUT2D eigenvalue weighted by Crippen LogP contribution is -2.38. The summed E-state index contributed by atoms with van der Waals surface area (Å²) in [6.45, 7) is 5.24. The SMILES string of the molecule is Cc1c(OCC(F)(F)F)ccnc1CS(=O)c1nc2ccccc2n1S(=O)(=O)c1ccc(OCCOCCN2CCOCC2)cc1. The number of ether oxygens (including phenoxy) is 4. The average Bonchev–Trinajstić information content (AvgIpc) is 3.44. The first-order chi connectivity index (χ1) is 22.0. The number of para-hydroxylation sites is 2. The Morgan fingerprint density at radius 1 is 0.978 bits per heavy atom. The van der Waals surface area contributed by atoms with E-state index in [9.17, 15) is 25.8 Å². The van der Waals surface area contributed by atoms with Gasteiger partial charge in [-0.1, -0.05) is 12.1 Å². The topological polar surface area (TPSA) is 122 Å². The van der Waals surface area contributed by atoms with Crippen molar-refractivity contribution in [1.29, 1.82) is 0 Å². The second kappa shape index (κ2) is 14.9. The molecular formula is C30H33F3N4O7S2. The zero-order chi connectivity index (χ0) is 32.7. The minimum Gasteiger partial charge on any atom is -0.491 e. The standard InChI is InChI=1S/C30H33F3N4O7S2/c1-22-26(34-11-10-28(22)44-21-30(31,32)33)20-45(38)29-35-25-4-2-3-5-27(25)37(29)46(39,40)24-8-6-23(7-9-24)43-19-18-42-17-14-36-12-15-41-16-13-36/h2-11H,12-21H2,1H3. The number of rotatable bonds is 14. The van der Waals surface area contributed by atoms with Crippen molar-refractivity contribution in [2.75, 3.05) is 59.3 Å². The lowest BCUT2D eigenvalue weighted by atomic mass is 10.2. The molecule has 0 spiro atoms.